The Morgan fingerprint density at radius 1 is 1.09 bits per heavy atom. The third kappa shape index (κ3) is 5.20. The summed E-state index contributed by atoms with van der Waals surface area (Å²) in [7, 11) is 0. The molecule has 1 fully saturated rings. The number of carbonyl (C=O) groups excluding carboxylic acids is 1. The summed E-state index contributed by atoms with van der Waals surface area (Å²) in [6.07, 6.45) is -2.03. The van der Waals surface area contributed by atoms with E-state index in [0.717, 1.165) is 23.4 Å². The average Bonchev–Trinajstić information content (AvgIpc) is 3.12. The van der Waals surface area contributed by atoms with Crippen LogP contribution in [-0.4, -0.2) is 16.1 Å². The lowest BCUT2D eigenvalue weighted by atomic mass is 10.1. The van der Waals surface area contributed by atoms with Crippen molar-refractivity contribution in [3.63, 3.8) is 0 Å². The van der Waals surface area contributed by atoms with Gasteiger partial charge in [-0.05, 0) is 35.0 Å². The summed E-state index contributed by atoms with van der Waals surface area (Å²) < 4.78 is 38.4. The van der Waals surface area contributed by atoms with E-state index in [4.69, 9.17) is 11.6 Å². The molecule has 0 aliphatic carbocycles. The number of thioether (sulfide) groups is 1. The van der Waals surface area contributed by atoms with Crippen molar-refractivity contribution in [2.24, 2.45) is 4.99 Å². The Bertz CT molecular complexity index is 1210. The minimum absolute atomic E-state index is 0.0871. The van der Waals surface area contributed by atoms with Crippen molar-refractivity contribution in [2.75, 3.05) is 0 Å². The zero-order chi connectivity index (χ0) is 22.7. The van der Waals surface area contributed by atoms with Crippen molar-refractivity contribution in [2.45, 2.75) is 12.7 Å². The van der Waals surface area contributed by atoms with Crippen molar-refractivity contribution in [3.8, 4) is 11.3 Å². The highest BCUT2D eigenvalue weighted by Gasteiger charge is 2.31. The molecule has 1 aliphatic rings. The topological polar surface area (TPSA) is 54.4 Å². The summed E-state index contributed by atoms with van der Waals surface area (Å²) in [5.74, 6) is -0.238. The molecule has 1 saturated heterocycles. The van der Waals surface area contributed by atoms with Crippen LogP contribution in [0.15, 0.2) is 76.8 Å². The zero-order valence-corrected chi connectivity index (χ0v) is 17.9. The molecule has 0 radical (unpaired) electrons. The summed E-state index contributed by atoms with van der Waals surface area (Å²) in [6, 6.07) is 17.4. The van der Waals surface area contributed by atoms with Crippen LogP contribution in [0.3, 0.4) is 0 Å². The number of pyridine rings is 1. The Balaban J connectivity index is 1.48. The summed E-state index contributed by atoms with van der Waals surface area (Å²) in [6.45, 7) is 0.465. The van der Waals surface area contributed by atoms with Crippen molar-refractivity contribution < 1.29 is 18.0 Å². The standard InChI is InChI=1S/C23H15ClF3N3OS/c24-18-11-17(23(25,26)27)13-28-20(18)16-8-6-14(7-9-16)10-19-21(31)30-22(32-19)29-12-15-4-2-1-3-5-15/h1-11,13H,12H2,(H,29,30,31)/b19-10+. The zero-order valence-electron chi connectivity index (χ0n) is 16.4. The number of aliphatic imine (C=N–C) groups is 1. The molecule has 1 amide bonds. The van der Waals surface area contributed by atoms with Gasteiger partial charge in [0.1, 0.15) is 0 Å². The van der Waals surface area contributed by atoms with Gasteiger partial charge in [0.2, 0.25) is 0 Å². The van der Waals surface area contributed by atoms with E-state index in [9.17, 15) is 18.0 Å². The van der Waals surface area contributed by atoms with Gasteiger partial charge in [0.15, 0.2) is 5.17 Å². The van der Waals surface area contributed by atoms with E-state index in [1.165, 1.54) is 11.8 Å². The molecule has 4 nitrogen and oxygen atoms in total. The van der Waals surface area contributed by atoms with Gasteiger partial charge in [-0.15, -0.1) is 0 Å². The predicted octanol–water partition coefficient (Wildman–Crippen LogP) is 6.18. The minimum atomic E-state index is -4.51. The van der Waals surface area contributed by atoms with Crippen LogP contribution >= 0.6 is 23.4 Å². The lowest BCUT2D eigenvalue weighted by Crippen LogP contribution is -2.19. The first-order valence-corrected chi connectivity index (χ1v) is 10.6. The second-order valence-corrected chi connectivity index (χ2v) is 8.28. The quantitative estimate of drug-likeness (QED) is 0.460. The van der Waals surface area contributed by atoms with E-state index in [2.05, 4.69) is 15.3 Å². The molecule has 0 saturated carbocycles. The maximum absolute atomic E-state index is 12.8. The van der Waals surface area contributed by atoms with Crippen LogP contribution in [0.25, 0.3) is 17.3 Å². The molecule has 0 atom stereocenters. The molecular formula is C23H15ClF3N3OS. The summed E-state index contributed by atoms with van der Waals surface area (Å²) >= 11 is 7.26. The molecule has 32 heavy (non-hydrogen) atoms. The fourth-order valence-electron chi connectivity index (χ4n) is 2.94. The van der Waals surface area contributed by atoms with Crippen LogP contribution in [0, 0.1) is 0 Å². The Labute approximate surface area is 191 Å². The average molecular weight is 474 g/mol. The fourth-order valence-corrected chi connectivity index (χ4v) is 4.04. The Kier molecular flexibility index (Phi) is 6.34. The van der Waals surface area contributed by atoms with Gasteiger partial charge < -0.3 is 5.32 Å². The molecule has 0 spiro atoms. The van der Waals surface area contributed by atoms with E-state index in [1.807, 2.05) is 30.3 Å². The normalized spacial score (nSPS) is 16.6. The van der Waals surface area contributed by atoms with E-state index >= 15 is 0 Å². The van der Waals surface area contributed by atoms with E-state index in [-0.39, 0.29) is 16.6 Å². The van der Waals surface area contributed by atoms with E-state index in [1.54, 1.807) is 30.3 Å². The monoisotopic (exact) mass is 473 g/mol. The molecule has 1 aromatic heterocycles. The van der Waals surface area contributed by atoms with Crippen molar-refractivity contribution in [3.05, 3.63) is 93.5 Å². The number of alkyl halides is 3. The van der Waals surface area contributed by atoms with Gasteiger partial charge in [-0.3, -0.25) is 14.8 Å². The molecule has 2 aromatic carbocycles. The fraction of sp³-hybridized carbons (Fsp3) is 0.0870. The van der Waals surface area contributed by atoms with Crippen LogP contribution in [0.1, 0.15) is 16.7 Å². The van der Waals surface area contributed by atoms with Crippen LogP contribution in [0.5, 0.6) is 0 Å². The maximum Gasteiger partial charge on any atom is 0.417 e. The van der Waals surface area contributed by atoms with Crippen molar-refractivity contribution >= 4 is 40.5 Å². The van der Waals surface area contributed by atoms with Gasteiger partial charge in [0, 0.05) is 11.8 Å². The van der Waals surface area contributed by atoms with Crippen LogP contribution in [0.2, 0.25) is 5.02 Å². The highest BCUT2D eigenvalue weighted by atomic mass is 35.5. The Morgan fingerprint density at radius 2 is 1.81 bits per heavy atom. The number of nitrogens with one attached hydrogen (secondary N) is 1. The number of benzene rings is 2. The molecule has 9 heteroatoms. The molecule has 0 bridgehead atoms. The lowest BCUT2D eigenvalue weighted by molar-refractivity contribution is -0.137. The first-order chi connectivity index (χ1) is 15.3. The number of halogens is 4. The third-order valence-electron chi connectivity index (χ3n) is 4.55. The van der Waals surface area contributed by atoms with Gasteiger partial charge in [-0.2, -0.15) is 13.2 Å². The van der Waals surface area contributed by atoms with Gasteiger partial charge in [-0.25, -0.2) is 0 Å². The maximum atomic E-state index is 12.8. The lowest BCUT2D eigenvalue weighted by Gasteiger charge is -2.09. The molecule has 0 unspecified atom stereocenters. The van der Waals surface area contributed by atoms with E-state index < -0.39 is 11.7 Å². The van der Waals surface area contributed by atoms with Crippen molar-refractivity contribution in [1.29, 1.82) is 0 Å². The van der Waals surface area contributed by atoms with Gasteiger partial charge in [-0.1, -0.05) is 66.2 Å². The number of hydrogen-bond acceptors (Lipinski definition) is 4. The summed E-state index contributed by atoms with van der Waals surface area (Å²) in [5, 5.41) is 3.19. The van der Waals surface area contributed by atoms with Crippen LogP contribution < -0.4 is 5.32 Å². The predicted molar refractivity (Wildman–Crippen MR) is 121 cm³/mol. The molecule has 3 aromatic rings. The molecule has 162 valence electrons. The summed E-state index contributed by atoms with van der Waals surface area (Å²) in [5.41, 5.74) is 1.71. The largest absolute Gasteiger partial charge is 0.417 e. The van der Waals surface area contributed by atoms with Crippen LogP contribution in [0.4, 0.5) is 13.2 Å². The third-order valence-corrected chi connectivity index (χ3v) is 5.79. The van der Waals surface area contributed by atoms with E-state index in [0.29, 0.717) is 22.2 Å². The second-order valence-electron chi connectivity index (χ2n) is 6.85. The molecular weight excluding hydrogens is 459 g/mol. The number of aromatic nitrogens is 1. The molecule has 1 aliphatic heterocycles. The highest BCUT2D eigenvalue weighted by molar-refractivity contribution is 8.18. The molecule has 2 heterocycles. The summed E-state index contributed by atoms with van der Waals surface area (Å²) in [4.78, 5) is 21.0. The Hall–Kier alpha value is -3.10. The first-order valence-electron chi connectivity index (χ1n) is 9.42. The number of carbonyl (C=O) groups is 1. The van der Waals surface area contributed by atoms with Crippen molar-refractivity contribution in [1.82, 2.24) is 10.3 Å². The minimum Gasteiger partial charge on any atom is -0.301 e. The second kappa shape index (κ2) is 9.18. The number of amidine groups is 1. The number of amides is 1. The molecule has 1 N–H and O–H groups in total. The van der Waals surface area contributed by atoms with Gasteiger partial charge in [0.05, 0.1) is 27.7 Å². The number of rotatable bonds is 4. The SMILES string of the molecule is O=C1NC(=NCc2ccccc2)S/C1=C/c1ccc(-c2ncc(C(F)(F)F)cc2Cl)cc1. The van der Waals surface area contributed by atoms with Gasteiger partial charge >= 0.3 is 6.18 Å². The Morgan fingerprint density at radius 3 is 2.47 bits per heavy atom. The molecule has 4 rings (SSSR count). The number of hydrogen-bond donors (Lipinski definition) is 1. The first kappa shape index (κ1) is 22.1. The van der Waals surface area contributed by atoms with Gasteiger partial charge in [0.25, 0.3) is 5.91 Å². The van der Waals surface area contributed by atoms with Crippen LogP contribution in [-0.2, 0) is 17.5 Å². The highest BCUT2D eigenvalue weighted by Crippen LogP contribution is 2.34. The smallest absolute Gasteiger partial charge is 0.301 e. The number of nitrogens with zero attached hydrogens (tertiary/aromatic N) is 2.